The molecule has 23 heavy (non-hydrogen) atoms. The molecule has 1 aliphatic heterocycles. The molecule has 1 atom stereocenters. The molecule has 1 saturated heterocycles. The highest BCUT2D eigenvalue weighted by Gasteiger charge is 2.33. The summed E-state index contributed by atoms with van der Waals surface area (Å²) in [7, 11) is 0. The Morgan fingerprint density at radius 1 is 1.26 bits per heavy atom. The normalized spacial score (nSPS) is 17.3. The lowest BCUT2D eigenvalue weighted by Crippen LogP contribution is -2.45. The van der Waals surface area contributed by atoms with Gasteiger partial charge in [0.25, 0.3) is 5.91 Å². The van der Waals surface area contributed by atoms with E-state index < -0.39 is 0 Å². The number of carbonyl (C=O) groups excluding carboxylic acids is 1. The Balaban J connectivity index is 1.62. The number of nitrogens with two attached hydrogens (primary N) is 1. The first-order valence-corrected chi connectivity index (χ1v) is 7.43. The van der Waals surface area contributed by atoms with Crippen LogP contribution in [0.5, 0.6) is 0 Å². The number of anilines is 1. The molecule has 1 fully saturated rings. The number of fused-ring (bicyclic) bond motifs is 1. The summed E-state index contributed by atoms with van der Waals surface area (Å²) in [5.41, 5.74) is 8.14. The predicted octanol–water partition coefficient (Wildman–Crippen LogP) is 2.87. The van der Waals surface area contributed by atoms with Crippen molar-refractivity contribution in [3.63, 3.8) is 0 Å². The Bertz CT molecular complexity index is 887. The average molecular weight is 310 g/mol. The number of nitrogen functional groups attached to an aromatic ring is 1. The highest BCUT2D eigenvalue weighted by Crippen LogP contribution is 2.35. The molecule has 4 rings (SSSR count). The van der Waals surface area contributed by atoms with Crippen LogP contribution in [0, 0.1) is 5.82 Å². The molecule has 0 unspecified atom stereocenters. The number of aromatic nitrogens is 2. The van der Waals surface area contributed by atoms with Crippen LogP contribution < -0.4 is 5.73 Å². The van der Waals surface area contributed by atoms with Crippen LogP contribution in [-0.2, 0) is 0 Å². The van der Waals surface area contributed by atoms with Crippen molar-refractivity contribution in [2.75, 3.05) is 12.3 Å². The van der Waals surface area contributed by atoms with Crippen LogP contribution in [0.4, 0.5) is 10.2 Å². The molecule has 6 heteroatoms. The van der Waals surface area contributed by atoms with Gasteiger partial charge in [0, 0.05) is 17.5 Å². The fourth-order valence-electron chi connectivity index (χ4n) is 3.00. The first kappa shape index (κ1) is 13.8. The number of rotatable bonds is 2. The second kappa shape index (κ2) is 5.08. The molecular formula is C17H15FN4O. The highest BCUT2D eigenvalue weighted by atomic mass is 19.1. The summed E-state index contributed by atoms with van der Waals surface area (Å²) < 4.78 is 13.0. The molecule has 3 N–H and O–H groups in total. The third-order valence-electron chi connectivity index (χ3n) is 4.37. The minimum absolute atomic E-state index is 0.000457. The maximum absolute atomic E-state index is 13.0. The molecule has 0 aliphatic carbocycles. The van der Waals surface area contributed by atoms with Crippen molar-refractivity contribution in [3.05, 3.63) is 59.4 Å². The van der Waals surface area contributed by atoms with Crippen LogP contribution in [0.15, 0.2) is 42.5 Å². The van der Waals surface area contributed by atoms with Gasteiger partial charge in [0.15, 0.2) is 5.82 Å². The third-order valence-corrected chi connectivity index (χ3v) is 4.37. The number of hydrogen-bond acceptors (Lipinski definition) is 3. The summed E-state index contributed by atoms with van der Waals surface area (Å²) in [4.78, 5) is 14.5. The maximum atomic E-state index is 13.0. The lowest BCUT2D eigenvalue weighted by molar-refractivity contribution is 0.0460. The number of hydrogen-bond donors (Lipinski definition) is 2. The van der Waals surface area contributed by atoms with E-state index in [4.69, 9.17) is 5.73 Å². The lowest BCUT2D eigenvalue weighted by atomic mass is 9.93. The van der Waals surface area contributed by atoms with Crippen molar-refractivity contribution in [1.29, 1.82) is 0 Å². The van der Waals surface area contributed by atoms with Crippen LogP contribution in [0.25, 0.3) is 10.9 Å². The number of nitrogens with one attached hydrogen (secondary N) is 1. The van der Waals surface area contributed by atoms with Gasteiger partial charge in [0.05, 0.1) is 11.6 Å². The molecular weight excluding hydrogens is 295 g/mol. The Morgan fingerprint density at radius 3 is 2.74 bits per heavy atom. The predicted molar refractivity (Wildman–Crippen MR) is 85.3 cm³/mol. The van der Waals surface area contributed by atoms with Crippen LogP contribution in [0.3, 0.4) is 0 Å². The van der Waals surface area contributed by atoms with E-state index in [0.717, 1.165) is 22.9 Å². The molecule has 3 aromatic rings. The van der Waals surface area contributed by atoms with Crippen LogP contribution in [0.1, 0.15) is 28.4 Å². The average Bonchev–Trinajstić information content (AvgIpc) is 2.89. The van der Waals surface area contributed by atoms with Crippen LogP contribution in [-0.4, -0.2) is 27.5 Å². The van der Waals surface area contributed by atoms with Gasteiger partial charge in [-0.25, -0.2) is 4.39 Å². The van der Waals surface area contributed by atoms with Crippen molar-refractivity contribution >= 4 is 22.6 Å². The Kier molecular flexibility index (Phi) is 3.04. The van der Waals surface area contributed by atoms with Crippen LogP contribution >= 0.6 is 0 Å². The third kappa shape index (κ3) is 2.23. The van der Waals surface area contributed by atoms with Crippen molar-refractivity contribution in [2.24, 2.45) is 0 Å². The van der Waals surface area contributed by atoms with Crippen molar-refractivity contribution in [1.82, 2.24) is 15.1 Å². The zero-order valence-corrected chi connectivity index (χ0v) is 12.3. The van der Waals surface area contributed by atoms with E-state index in [0.29, 0.717) is 17.9 Å². The number of likely N-dealkylation sites (tertiary alicyclic amines) is 1. The summed E-state index contributed by atoms with van der Waals surface area (Å²) >= 11 is 0. The topological polar surface area (TPSA) is 75.0 Å². The molecule has 1 aromatic heterocycles. The first-order chi connectivity index (χ1) is 11.1. The minimum Gasteiger partial charge on any atom is -0.382 e. The number of nitrogens with zero attached hydrogens (tertiary/aromatic N) is 2. The fourth-order valence-corrected chi connectivity index (χ4v) is 3.00. The summed E-state index contributed by atoms with van der Waals surface area (Å²) in [6, 6.07) is 11.6. The molecule has 0 radical (unpaired) electrons. The number of amides is 1. The second-order valence-electron chi connectivity index (χ2n) is 5.72. The lowest BCUT2D eigenvalue weighted by Gasteiger charge is -2.41. The largest absolute Gasteiger partial charge is 0.382 e. The number of halogens is 1. The summed E-state index contributed by atoms with van der Waals surface area (Å²) in [6.07, 6.45) is 0.882. The van der Waals surface area contributed by atoms with E-state index in [1.165, 1.54) is 12.1 Å². The molecule has 5 nitrogen and oxygen atoms in total. The van der Waals surface area contributed by atoms with Gasteiger partial charge in [0.2, 0.25) is 0 Å². The van der Waals surface area contributed by atoms with E-state index in [-0.39, 0.29) is 17.8 Å². The van der Waals surface area contributed by atoms with Gasteiger partial charge in [-0.15, -0.1) is 0 Å². The molecule has 1 amide bonds. The van der Waals surface area contributed by atoms with Gasteiger partial charge >= 0.3 is 0 Å². The van der Waals surface area contributed by atoms with Crippen LogP contribution in [0.2, 0.25) is 0 Å². The van der Waals surface area contributed by atoms with Crippen molar-refractivity contribution < 1.29 is 9.18 Å². The molecule has 2 aromatic carbocycles. The van der Waals surface area contributed by atoms with E-state index in [2.05, 4.69) is 10.2 Å². The number of aromatic amines is 1. The Morgan fingerprint density at radius 2 is 2.04 bits per heavy atom. The smallest absolute Gasteiger partial charge is 0.254 e. The number of carbonyl (C=O) groups is 1. The monoisotopic (exact) mass is 310 g/mol. The Labute approximate surface area is 131 Å². The minimum atomic E-state index is -0.271. The molecule has 2 heterocycles. The second-order valence-corrected chi connectivity index (χ2v) is 5.72. The van der Waals surface area contributed by atoms with Gasteiger partial charge in [0.1, 0.15) is 5.82 Å². The molecule has 0 bridgehead atoms. The summed E-state index contributed by atoms with van der Waals surface area (Å²) in [6.45, 7) is 0.694. The van der Waals surface area contributed by atoms with E-state index in [1.807, 2.05) is 0 Å². The summed E-state index contributed by atoms with van der Waals surface area (Å²) in [5.74, 6) is 0.0632. The number of benzene rings is 2. The van der Waals surface area contributed by atoms with Gasteiger partial charge < -0.3 is 10.6 Å². The van der Waals surface area contributed by atoms with E-state index in [9.17, 15) is 9.18 Å². The van der Waals surface area contributed by atoms with Crippen molar-refractivity contribution in [3.8, 4) is 0 Å². The highest BCUT2D eigenvalue weighted by molar-refractivity contribution is 6.00. The fraction of sp³-hybridized carbons (Fsp3) is 0.176. The van der Waals surface area contributed by atoms with E-state index >= 15 is 0 Å². The van der Waals surface area contributed by atoms with Crippen molar-refractivity contribution in [2.45, 2.75) is 12.5 Å². The molecule has 1 aliphatic rings. The first-order valence-electron chi connectivity index (χ1n) is 7.43. The Hall–Kier alpha value is -2.89. The zero-order chi connectivity index (χ0) is 16.0. The van der Waals surface area contributed by atoms with Gasteiger partial charge in [-0.3, -0.25) is 9.89 Å². The standard InChI is InChI=1S/C17H15FN4O/c18-12-4-1-10(2-5-12)15-7-8-22(15)17(23)11-3-6-14-13(9-11)16(19)21-20-14/h1-6,9,15H,7-8H2,(H3,19,20,21)/t15-/m0/s1. The molecule has 0 spiro atoms. The SMILES string of the molecule is Nc1n[nH]c2ccc(C(=O)N3CC[C@H]3c3ccc(F)cc3)cc12. The maximum Gasteiger partial charge on any atom is 0.254 e. The molecule has 116 valence electrons. The van der Waals surface area contributed by atoms with Gasteiger partial charge in [-0.2, -0.15) is 5.10 Å². The van der Waals surface area contributed by atoms with E-state index in [1.54, 1.807) is 35.2 Å². The molecule has 0 saturated carbocycles. The van der Waals surface area contributed by atoms with Gasteiger partial charge in [-0.05, 0) is 42.3 Å². The summed E-state index contributed by atoms with van der Waals surface area (Å²) in [5, 5.41) is 7.50. The number of H-pyrrole nitrogens is 1. The van der Waals surface area contributed by atoms with Gasteiger partial charge in [-0.1, -0.05) is 12.1 Å². The zero-order valence-electron chi connectivity index (χ0n) is 12.3. The quantitative estimate of drug-likeness (QED) is 0.764.